The number of aromatic carboxylic acids is 1. The van der Waals surface area contributed by atoms with Gasteiger partial charge < -0.3 is 10.2 Å². The Bertz CT molecular complexity index is 674. The summed E-state index contributed by atoms with van der Waals surface area (Å²) in [7, 11) is -0.404. The molecular formula is C15H22N2O5S. The molecule has 0 bridgehead atoms. The topological polar surface area (TPSA) is 98.2 Å². The van der Waals surface area contributed by atoms with Crippen molar-refractivity contribution in [2.75, 3.05) is 32.9 Å². The van der Waals surface area contributed by atoms with Crippen LogP contribution in [0.4, 0.5) is 0 Å². The Kier molecular flexibility index (Phi) is 5.41. The van der Waals surface area contributed by atoms with Gasteiger partial charge in [-0.25, -0.2) is 17.5 Å². The van der Waals surface area contributed by atoms with Crippen molar-refractivity contribution in [2.45, 2.75) is 12.6 Å². The van der Waals surface area contributed by atoms with Crippen LogP contribution in [-0.2, 0) is 16.6 Å². The van der Waals surface area contributed by atoms with Gasteiger partial charge in [0.1, 0.15) is 0 Å². The van der Waals surface area contributed by atoms with Crippen LogP contribution in [0, 0.1) is 5.92 Å². The fraction of sp³-hybridized carbons (Fsp3) is 0.533. The SMILES string of the molecule is CN(C)S(=O)(=O)C[C@@H]1CN(Cc2cccc(C(=O)O)c2)C[C@@H]1O. The van der Waals surface area contributed by atoms with Crippen molar-refractivity contribution >= 4 is 16.0 Å². The van der Waals surface area contributed by atoms with E-state index in [1.54, 1.807) is 12.1 Å². The molecule has 2 atom stereocenters. The van der Waals surface area contributed by atoms with Crippen molar-refractivity contribution in [2.24, 2.45) is 5.92 Å². The molecule has 1 aromatic carbocycles. The van der Waals surface area contributed by atoms with Crippen LogP contribution in [0.5, 0.6) is 0 Å². The number of rotatable bonds is 6. The Morgan fingerprint density at radius 3 is 2.65 bits per heavy atom. The van der Waals surface area contributed by atoms with E-state index in [9.17, 15) is 18.3 Å². The van der Waals surface area contributed by atoms with Gasteiger partial charge in [-0.2, -0.15) is 0 Å². The highest BCUT2D eigenvalue weighted by Gasteiger charge is 2.35. The van der Waals surface area contributed by atoms with Gasteiger partial charge in [0.05, 0.1) is 17.4 Å². The third-order valence-electron chi connectivity index (χ3n) is 4.04. The number of β-amino-alcohol motifs (C(OH)–C–C–N with tert-alkyl or cyclic N) is 1. The molecule has 1 aliphatic heterocycles. The van der Waals surface area contributed by atoms with Crippen LogP contribution in [-0.4, -0.2) is 72.8 Å². The number of benzene rings is 1. The molecule has 0 aromatic heterocycles. The summed E-state index contributed by atoms with van der Waals surface area (Å²) in [5.41, 5.74) is 1.04. The van der Waals surface area contributed by atoms with Crippen molar-refractivity contribution in [3.63, 3.8) is 0 Å². The Labute approximate surface area is 136 Å². The number of carboxylic acid groups (broad SMARTS) is 1. The van der Waals surface area contributed by atoms with Crippen molar-refractivity contribution in [3.8, 4) is 0 Å². The smallest absolute Gasteiger partial charge is 0.335 e. The first kappa shape index (κ1) is 17.9. The summed E-state index contributed by atoms with van der Waals surface area (Å²) >= 11 is 0. The molecule has 0 saturated carbocycles. The lowest BCUT2D eigenvalue weighted by molar-refractivity contribution is 0.0696. The van der Waals surface area contributed by atoms with E-state index in [2.05, 4.69) is 0 Å². The third kappa shape index (κ3) is 4.51. The van der Waals surface area contributed by atoms with Gasteiger partial charge in [0.25, 0.3) is 0 Å². The van der Waals surface area contributed by atoms with E-state index >= 15 is 0 Å². The van der Waals surface area contributed by atoms with Gasteiger partial charge in [-0.3, -0.25) is 4.90 Å². The minimum atomic E-state index is -3.36. The zero-order valence-electron chi connectivity index (χ0n) is 13.2. The van der Waals surface area contributed by atoms with Crippen molar-refractivity contribution in [1.82, 2.24) is 9.21 Å². The van der Waals surface area contributed by atoms with E-state index in [0.717, 1.165) is 5.56 Å². The maximum Gasteiger partial charge on any atom is 0.335 e. The van der Waals surface area contributed by atoms with Crippen LogP contribution < -0.4 is 0 Å². The molecule has 0 aliphatic carbocycles. The van der Waals surface area contributed by atoms with Crippen LogP contribution in [0.3, 0.4) is 0 Å². The Hall–Kier alpha value is -1.48. The Morgan fingerprint density at radius 2 is 2.04 bits per heavy atom. The second-order valence-corrected chi connectivity index (χ2v) is 8.32. The molecule has 0 radical (unpaired) electrons. The Morgan fingerprint density at radius 1 is 1.35 bits per heavy atom. The van der Waals surface area contributed by atoms with Crippen LogP contribution >= 0.6 is 0 Å². The molecule has 8 heteroatoms. The summed E-state index contributed by atoms with van der Waals surface area (Å²) in [5.74, 6) is -1.42. The first-order valence-electron chi connectivity index (χ1n) is 7.32. The lowest BCUT2D eigenvalue weighted by Crippen LogP contribution is -2.33. The first-order valence-corrected chi connectivity index (χ1v) is 8.93. The van der Waals surface area contributed by atoms with E-state index in [1.807, 2.05) is 11.0 Å². The van der Waals surface area contributed by atoms with E-state index in [1.165, 1.54) is 24.5 Å². The number of nitrogens with zero attached hydrogens (tertiary/aromatic N) is 2. The highest BCUT2D eigenvalue weighted by atomic mass is 32.2. The molecule has 1 aromatic rings. The molecule has 7 nitrogen and oxygen atoms in total. The monoisotopic (exact) mass is 342 g/mol. The number of likely N-dealkylation sites (tertiary alicyclic amines) is 1. The van der Waals surface area contributed by atoms with E-state index in [0.29, 0.717) is 19.6 Å². The van der Waals surface area contributed by atoms with Crippen molar-refractivity contribution in [3.05, 3.63) is 35.4 Å². The first-order chi connectivity index (χ1) is 10.7. The molecule has 1 aliphatic rings. The van der Waals surface area contributed by atoms with Gasteiger partial charge in [0, 0.05) is 39.6 Å². The summed E-state index contributed by atoms with van der Waals surface area (Å²) in [6, 6.07) is 6.62. The van der Waals surface area contributed by atoms with Crippen molar-refractivity contribution < 1.29 is 23.4 Å². The molecule has 0 spiro atoms. The molecule has 128 valence electrons. The van der Waals surface area contributed by atoms with Crippen LogP contribution in [0.1, 0.15) is 15.9 Å². The maximum atomic E-state index is 11.9. The van der Waals surface area contributed by atoms with E-state index < -0.39 is 22.1 Å². The number of carbonyl (C=O) groups is 1. The van der Waals surface area contributed by atoms with Gasteiger partial charge in [-0.05, 0) is 17.7 Å². The lowest BCUT2D eigenvalue weighted by atomic mass is 10.1. The van der Waals surface area contributed by atoms with Gasteiger partial charge in [-0.1, -0.05) is 12.1 Å². The molecule has 0 unspecified atom stereocenters. The van der Waals surface area contributed by atoms with E-state index in [4.69, 9.17) is 5.11 Å². The van der Waals surface area contributed by atoms with Gasteiger partial charge >= 0.3 is 5.97 Å². The highest BCUT2D eigenvalue weighted by Crippen LogP contribution is 2.22. The third-order valence-corrected chi connectivity index (χ3v) is 6.01. The average molecular weight is 342 g/mol. The zero-order valence-corrected chi connectivity index (χ0v) is 14.0. The number of hydrogen-bond donors (Lipinski definition) is 2. The summed E-state index contributed by atoms with van der Waals surface area (Å²) in [6.07, 6.45) is -0.701. The second-order valence-electron chi connectivity index (χ2n) is 6.09. The number of aliphatic hydroxyl groups is 1. The molecule has 0 amide bonds. The van der Waals surface area contributed by atoms with Gasteiger partial charge in [0.15, 0.2) is 0 Å². The summed E-state index contributed by atoms with van der Waals surface area (Å²) in [4.78, 5) is 12.9. The van der Waals surface area contributed by atoms with Crippen LogP contribution in [0.25, 0.3) is 0 Å². The predicted octanol–water partition coefficient (Wildman–Crippen LogP) is 0.0689. The standard InChI is InChI=1S/C15H22N2O5S/c1-16(2)23(21,22)10-13-8-17(9-14(13)18)7-11-4-3-5-12(6-11)15(19)20/h3-6,13-14,18H,7-10H2,1-2H3,(H,19,20)/t13-,14-/m0/s1. The molecule has 1 fully saturated rings. The number of aliphatic hydroxyl groups excluding tert-OH is 1. The molecule has 1 heterocycles. The summed E-state index contributed by atoms with van der Waals surface area (Å²) < 4.78 is 25.1. The zero-order chi connectivity index (χ0) is 17.2. The van der Waals surface area contributed by atoms with Crippen LogP contribution in [0.2, 0.25) is 0 Å². The fourth-order valence-corrected chi connectivity index (χ4v) is 3.88. The second kappa shape index (κ2) is 6.96. The summed E-state index contributed by atoms with van der Waals surface area (Å²) in [6.45, 7) is 1.33. The quantitative estimate of drug-likeness (QED) is 0.759. The maximum absolute atomic E-state index is 11.9. The molecular weight excluding hydrogens is 320 g/mol. The van der Waals surface area contributed by atoms with Gasteiger partial charge in [0.2, 0.25) is 10.0 Å². The molecule has 23 heavy (non-hydrogen) atoms. The molecule has 2 rings (SSSR count). The molecule has 2 N–H and O–H groups in total. The predicted molar refractivity (Wildman–Crippen MR) is 85.6 cm³/mol. The highest BCUT2D eigenvalue weighted by molar-refractivity contribution is 7.89. The minimum absolute atomic E-state index is 0.0904. The fourth-order valence-electron chi connectivity index (χ4n) is 2.71. The summed E-state index contributed by atoms with van der Waals surface area (Å²) in [5, 5.41) is 19.1. The van der Waals surface area contributed by atoms with Crippen LogP contribution in [0.15, 0.2) is 24.3 Å². The Balaban J connectivity index is 2.02. The number of carboxylic acids is 1. The molecule has 1 saturated heterocycles. The largest absolute Gasteiger partial charge is 0.478 e. The minimum Gasteiger partial charge on any atom is -0.478 e. The van der Waals surface area contributed by atoms with Gasteiger partial charge in [-0.15, -0.1) is 0 Å². The van der Waals surface area contributed by atoms with E-state index in [-0.39, 0.29) is 17.2 Å². The normalized spacial score (nSPS) is 22.6. The average Bonchev–Trinajstić information content (AvgIpc) is 2.78. The number of sulfonamides is 1. The van der Waals surface area contributed by atoms with Crippen molar-refractivity contribution in [1.29, 1.82) is 0 Å². The number of hydrogen-bond acceptors (Lipinski definition) is 5. The lowest BCUT2D eigenvalue weighted by Gasteiger charge is -2.18.